The van der Waals surface area contributed by atoms with Gasteiger partial charge < -0.3 is 10.2 Å². The molecule has 2 amide bonds. The lowest BCUT2D eigenvalue weighted by Crippen LogP contribution is -2.51. The minimum absolute atomic E-state index is 0.0853. The molecule has 8 heteroatoms. The number of nitrogens with zero attached hydrogens (tertiary/aromatic N) is 2. The average Bonchev–Trinajstić information content (AvgIpc) is 2.91. The Labute approximate surface area is 220 Å². The van der Waals surface area contributed by atoms with Crippen molar-refractivity contribution < 1.29 is 18.0 Å². The number of carbonyl (C=O) groups is 2. The molecule has 1 unspecified atom stereocenters. The Balaban J connectivity index is 2.02. The summed E-state index contributed by atoms with van der Waals surface area (Å²) >= 11 is 0. The second kappa shape index (κ2) is 12.5. The fourth-order valence-electron chi connectivity index (χ4n) is 3.96. The number of hydrogen-bond donors (Lipinski definition) is 1. The molecular formula is C29H35N3O4S. The third kappa shape index (κ3) is 6.98. The van der Waals surface area contributed by atoms with Crippen molar-refractivity contribution in [3.05, 3.63) is 96.1 Å². The van der Waals surface area contributed by atoms with Crippen LogP contribution in [-0.4, -0.2) is 44.3 Å². The number of hydrogen-bond acceptors (Lipinski definition) is 4. The van der Waals surface area contributed by atoms with Gasteiger partial charge in [0.05, 0.1) is 10.6 Å². The van der Waals surface area contributed by atoms with Crippen LogP contribution in [0.1, 0.15) is 44.7 Å². The molecular weight excluding hydrogens is 486 g/mol. The summed E-state index contributed by atoms with van der Waals surface area (Å²) < 4.78 is 28.6. The summed E-state index contributed by atoms with van der Waals surface area (Å²) in [5.74, 6) is -0.505. The minimum Gasteiger partial charge on any atom is -0.355 e. The minimum atomic E-state index is -4.06. The number of benzene rings is 3. The lowest BCUT2D eigenvalue weighted by atomic mass is 10.0. The van der Waals surface area contributed by atoms with E-state index in [4.69, 9.17) is 0 Å². The van der Waals surface area contributed by atoms with Gasteiger partial charge in [0.2, 0.25) is 11.8 Å². The van der Waals surface area contributed by atoms with Gasteiger partial charge in [-0.1, -0.05) is 74.5 Å². The highest BCUT2D eigenvalue weighted by Crippen LogP contribution is 2.26. The molecule has 0 aliphatic carbocycles. The van der Waals surface area contributed by atoms with Crippen molar-refractivity contribution in [1.82, 2.24) is 10.2 Å². The number of nitrogens with one attached hydrogen (secondary N) is 1. The third-order valence-electron chi connectivity index (χ3n) is 6.17. The molecule has 1 N–H and O–H groups in total. The van der Waals surface area contributed by atoms with Gasteiger partial charge in [-0.15, -0.1) is 0 Å². The number of rotatable bonds is 11. The van der Waals surface area contributed by atoms with Gasteiger partial charge in [-0.3, -0.25) is 13.9 Å². The van der Waals surface area contributed by atoms with Crippen molar-refractivity contribution in [2.24, 2.45) is 0 Å². The molecule has 196 valence electrons. The van der Waals surface area contributed by atoms with Crippen LogP contribution in [0.25, 0.3) is 0 Å². The summed E-state index contributed by atoms with van der Waals surface area (Å²) in [4.78, 5) is 28.0. The van der Waals surface area contributed by atoms with Gasteiger partial charge >= 0.3 is 0 Å². The fraction of sp³-hybridized carbons (Fsp3) is 0.310. The van der Waals surface area contributed by atoms with E-state index in [1.165, 1.54) is 17.0 Å². The highest BCUT2D eigenvalue weighted by atomic mass is 32.2. The molecule has 3 aromatic carbocycles. The molecule has 0 radical (unpaired) electrons. The molecule has 0 aliphatic rings. The number of anilines is 1. The van der Waals surface area contributed by atoms with E-state index < -0.39 is 28.5 Å². The maximum atomic E-state index is 13.8. The molecule has 7 nitrogen and oxygen atoms in total. The largest absolute Gasteiger partial charge is 0.355 e. The first-order valence-corrected chi connectivity index (χ1v) is 13.9. The molecule has 1 atom stereocenters. The summed E-state index contributed by atoms with van der Waals surface area (Å²) in [6.07, 6.45) is 0. The summed E-state index contributed by atoms with van der Waals surface area (Å²) in [6, 6.07) is 23.8. The number of likely N-dealkylation sites (N-methyl/N-ethyl adjacent to an activating group) is 1. The molecule has 0 saturated heterocycles. The summed E-state index contributed by atoms with van der Waals surface area (Å²) in [5, 5.41) is 2.76. The number of amides is 2. The van der Waals surface area contributed by atoms with Gasteiger partial charge in [0.1, 0.15) is 12.6 Å². The maximum absolute atomic E-state index is 13.8. The van der Waals surface area contributed by atoms with Crippen LogP contribution in [0.2, 0.25) is 0 Å². The SMILES string of the molecule is CCNC(=O)C(C)N(Cc1ccccc1)C(=O)CN(c1ccc(C(C)C)cc1)S(=O)(=O)c1ccccc1. The molecule has 0 heterocycles. The monoisotopic (exact) mass is 521 g/mol. The normalized spacial score (nSPS) is 12.1. The second-order valence-corrected chi connectivity index (χ2v) is 11.0. The van der Waals surface area contributed by atoms with E-state index in [1.807, 2.05) is 49.4 Å². The van der Waals surface area contributed by atoms with Crippen LogP contribution >= 0.6 is 0 Å². The molecule has 3 aromatic rings. The van der Waals surface area contributed by atoms with Gasteiger partial charge in [0.25, 0.3) is 10.0 Å². The van der Waals surface area contributed by atoms with Crippen molar-refractivity contribution in [2.45, 2.75) is 51.1 Å². The van der Waals surface area contributed by atoms with E-state index in [9.17, 15) is 18.0 Å². The molecule has 0 fully saturated rings. The smallest absolute Gasteiger partial charge is 0.264 e. The van der Waals surface area contributed by atoms with Gasteiger partial charge in [0.15, 0.2) is 0 Å². The van der Waals surface area contributed by atoms with E-state index >= 15 is 0 Å². The van der Waals surface area contributed by atoms with Crippen LogP contribution in [0.4, 0.5) is 5.69 Å². The lowest BCUT2D eigenvalue weighted by molar-refractivity contribution is -0.139. The summed E-state index contributed by atoms with van der Waals surface area (Å²) in [5.41, 5.74) is 2.28. The highest BCUT2D eigenvalue weighted by molar-refractivity contribution is 7.92. The molecule has 0 saturated carbocycles. The quantitative estimate of drug-likeness (QED) is 0.401. The molecule has 0 aliphatic heterocycles. The Hall–Kier alpha value is -3.65. The Kier molecular flexibility index (Phi) is 9.47. The first-order chi connectivity index (χ1) is 17.6. The van der Waals surface area contributed by atoms with Crippen molar-refractivity contribution in [1.29, 1.82) is 0 Å². The van der Waals surface area contributed by atoms with Crippen LogP contribution in [0.15, 0.2) is 89.8 Å². The zero-order valence-corrected chi connectivity index (χ0v) is 22.6. The first kappa shape index (κ1) is 27.9. The van der Waals surface area contributed by atoms with Gasteiger partial charge in [-0.2, -0.15) is 0 Å². The average molecular weight is 522 g/mol. The van der Waals surface area contributed by atoms with Crippen LogP contribution in [-0.2, 0) is 26.2 Å². The van der Waals surface area contributed by atoms with Gasteiger partial charge in [0, 0.05) is 13.1 Å². The van der Waals surface area contributed by atoms with E-state index in [1.54, 1.807) is 37.3 Å². The predicted molar refractivity (Wildman–Crippen MR) is 147 cm³/mol. The number of sulfonamides is 1. The summed E-state index contributed by atoms with van der Waals surface area (Å²) in [7, 11) is -4.06. The van der Waals surface area contributed by atoms with Crippen molar-refractivity contribution in [3.63, 3.8) is 0 Å². The molecule has 0 aromatic heterocycles. The standard InChI is InChI=1S/C29H35N3O4S/c1-5-30-29(34)23(4)31(20-24-12-8-6-9-13-24)28(33)21-32(26-18-16-25(17-19-26)22(2)3)37(35,36)27-14-10-7-11-15-27/h6-19,22-23H,5,20-21H2,1-4H3,(H,30,34). The first-order valence-electron chi connectivity index (χ1n) is 12.4. The van der Waals surface area contributed by atoms with Crippen LogP contribution in [0.3, 0.4) is 0 Å². The topological polar surface area (TPSA) is 86.8 Å². The number of carbonyl (C=O) groups excluding carboxylic acids is 2. The van der Waals surface area contributed by atoms with E-state index in [0.29, 0.717) is 12.2 Å². The van der Waals surface area contributed by atoms with Crippen LogP contribution in [0, 0.1) is 0 Å². The Morgan fingerprint density at radius 2 is 1.41 bits per heavy atom. The van der Waals surface area contributed by atoms with Crippen molar-refractivity contribution in [3.8, 4) is 0 Å². The van der Waals surface area contributed by atoms with Crippen LogP contribution in [0.5, 0.6) is 0 Å². The van der Waals surface area contributed by atoms with Gasteiger partial charge in [-0.05, 0) is 55.2 Å². The Morgan fingerprint density at radius 1 is 0.838 bits per heavy atom. The van der Waals surface area contributed by atoms with E-state index in [-0.39, 0.29) is 23.3 Å². The molecule has 0 bridgehead atoms. The highest BCUT2D eigenvalue weighted by Gasteiger charge is 2.32. The Bertz CT molecular complexity index is 1280. The molecule has 0 spiro atoms. The van der Waals surface area contributed by atoms with Crippen LogP contribution < -0.4 is 9.62 Å². The van der Waals surface area contributed by atoms with E-state index in [2.05, 4.69) is 19.2 Å². The third-order valence-corrected chi connectivity index (χ3v) is 7.96. The Morgan fingerprint density at radius 3 is 1.95 bits per heavy atom. The molecule has 3 rings (SSSR count). The zero-order chi connectivity index (χ0) is 27.0. The second-order valence-electron chi connectivity index (χ2n) is 9.15. The predicted octanol–water partition coefficient (Wildman–Crippen LogP) is 4.56. The van der Waals surface area contributed by atoms with Crippen molar-refractivity contribution >= 4 is 27.5 Å². The maximum Gasteiger partial charge on any atom is 0.264 e. The van der Waals surface area contributed by atoms with Crippen molar-refractivity contribution in [2.75, 3.05) is 17.4 Å². The van der Waals surface area contributed by atoms with Gasteiger partial charge in [-0.25, -0.2) is 8.42 Å². The van der Waals surface area contributed by atoms with E-state index in [0.717, 1.165) is 15.4 Å². The fourth-order valence-corrected chi connectivity index (χ4v) is 5.39. The lowest BCUT2D eigenvalue weighted by Gasteiger charge is -2.32. The molecule has 37 heavy (non-hydrogen) atoms. The summed E-state index contributed by atoms with van der Waals surface area (Å²) in [6.45, 7) is 7.72. The zero-order valence-electron chi connectivity index (χ0n) is 21.8.